The van der Waals surface area contributed by atoms with Crippen LogP contribution < -0.4 is 9.47 Å². The normalized spacial score (nSPS) is 28.6. The van der Waals surface area contributed by atoms with Crippen LogP contribution in [0.15, 0.2) is 35.5 Å². The highest BCUT2D eigenvalue weighted by Crippen LogP contribution is 2.36. The fraction of sp³-hybridized carbons (Fsp3) is 0.593. The van der Waals surface area contributed by atoms with Crippen molar-refractivity contribution < 1.29 is 38.3 Å². The van der Waals surface area contributed by atoms with E-state index >= 15 is 0 Å². The Morgan fingerprint density at radius 3 is 2.68 bits per heavy atom. The monoisotopic (exact) mass is 531 g/mol. The van der Waals surface area contributed by atoms with E-state index in [1.54, 1.807) is 31.2 Å². The number of methoxy groups -OCH3 is 1. The van der Waals surface area contributed by atoms with Gasteiger partial charge in [-0.05, 0) is 51.3 Å². The largest absolute Gasteiger partial charge is 0.493 e. The number of azide groups is 1. The summed E-state index contributed by atoms with van der Waals surface area (Å²) < 4.78 is 34.7. The van der Waals surface area contributed by atoms with Crippen molar-refractivity contribution in [2.45, 2.75) is 70.7 Å². The molecule has 1 saturated heterocycles. The molecular weight excluding hydrogens is 494 g/mol. The van der Waals surface area contributed by atoms with Gasteiger partial charge in [0.05, 0.1) is 12.7 Å². The molecule has 1 fully saturated rings. The van der Waals surface area contributed by atoms with Gasteiger partial charge in [0.1, 0.15) is 35.4 Å². The highest BCUT2D eigenvalue weighted by molar-refractivity contribution is 5.98. The lowest BCUT2D eigenvalue weighted by Crippen LogP contribution is -2.34. The lowest BCUT2D eigenvalue weighted by molar-refractivity contribution is -0.152. The SMILES string of the molecule is COCOc1ccc(OCCCN=[N+]=[N-])c2c1C(=O)O[C@@H](C)[C@H](C)/C=C\C(O)[C@H]1OC(C)(C)O[C@H]1C/C=C/2. The highest BCUT2D eigenvalue weighted by Gasteiger charge is 2.43. The maximum atomic E-state index is 13.5. The minimum atomic E-state index is -0.903. The molecule has 1 aromatic rings. The molecule has 0 spiro atoms. The zero-order valence-corrected chi connectivity index (χ0v) is 22.5. The van der Waals surface area contributed by atoms with Gasteiger partial charge < -0.3 is 33.5 Å². The molecular formula is C27H37N3O8. The lowest BCUT2D eigenvalue weighted by atomic mass is 9.98. The number of aliphatic hydroxyl groups excluding tert-OH is 1. The van der Waals surface area contributed by atoms with Crippen molar-refractivity contribution in [3.8, 4) is 11.5 Å². The predicted octanol–water partition coefficient (Wildman–Crippen LogP) is 4.78. The van der Waals surface area contributed by atoms with Gasteiger partial charge in [0.2, 0.25) is 0 Å². The molecule has 0 amide bonds. The first-order valence-corrected chi connectivity index (χ1v) is 12.7. The van der Waals surface area contributed by atoms with E-state index in [1.165, 1.54) is 7.11 Å². The summed E-state index contributed by atoms with van der Waals surface area (Å²) in [5, 5.41) is 14.4. The molecule has 0 radical (unpaired) electrons. The second-order valence-electron chi connectivity index (χ2n) is 9.68. The zero-order chi connectivity index (χ0) is 27.7. The van der Waals surface area contributed by atoms with Crippen LogP contribution in [-0.2, 0) is 18.9 Å². The number of carbonyl (C=O) groups excluding carboxylic acids is 1. The number of hydrogen-bond donors (Lipinski definition) is 1. The summed E-state index contributed by atoms with van der Waals surface area (Å²) in [5.41, 5.74) is 9.17. The molecule has 208 valence electrons. The number of carbonyl (C=O) groups is 1. The Hall–Kier alpha value is -3.08. The minimum absolute atomic E-state index is 0.0631. The lowest BCUT2D eigenvalue weighted by Gasteiger charge is -2.23. The first kappa shape index (κ1) is 29.5. The molecule has 0 aromatic heterocycles. The van der Waals surface area contributed by atoms with E-state index in [4.69, 9.17) is 34.0 Å². The van der Waals surface area contributed by atoms with Crippen LogP contribution in [0.25, 0.3) is 16.5 Å². The first-order chi connectivity index (χ1) is 18.2. The number of aliphatic hydroxyl groups is 1. The smallest absolute Gasteiger partial charge is 0.342 e. The Labute approximate surface area is 222 Å². The molecule has 2 aliphatic heterocycles. The van der Waals surface area contributed by atoms with Crippen molar-refractivity contribution in [1.82, 2.24) is 0 Å². The van der Waals surface area contributed by atoms with Crippen LogP contribution >= 0.6 is 0 Å². The van der Waals surface area contributed by atoms with Crippen LogP contribution in [0.2, 0.25) is 0 Å². The maximum Gasteiger partial charge on any atom is 0.342 e. The summed E-state index contributed by atoms with van der Waals surface area (Å²) in [4.78, 5) is 16.3. The van der Waals surface area contributed by atoms with Crippen molar-refractivity contribution in [1.29, 1.82) is 0 Å². The highest BCUT2D eigenvalue weighted by atomic mass is 16.8. The molecule has 2 heterocycles. The van der Waals surface area contributed by atoms with Gasteiger partial charge in [0, 0.05) is 30.0 Å². The number of fused-ring (bicyclic) bond motifs is 2. The Kier molecular flexibility index (Phi) is 10.6. The third-order valence-electron chi connectivity index (χ3n) is 6.28. The molecule has 5 atom stereocenters. The van der Waals surface area contributed by atoms with Crippen molar-refractivity contribution in [2.24, 2.45) is 11.0 Å². The number of nitrogens with zero attached hydrogens (tertiary/aromatic N) is 3. The molecule has 11 heteroatoms. The Balaban J connectivity index is 2.05. The molecule has 3 rings (SSSR count). The Morgan fingerprint density at radius 2 is 1.95 bits per heavy atom. The van der Waals surface area contributed by atoms with Crippen LogP contribution in [0.4, 0.5) is 0 Å². The average Bonchev–Trinajstić information content (AvgIpc) is 3.19. The van der Waals surface area contributed by atoms with Crippen molar-refractivity contribution in [2.75, 3.05) is 27.1 Å². The standard InChI is InChI=1S/C27H37N3O8/c1-17-10-11-20(31)25-23(37-27(3,4)38-25)9-6-8-19-21(34-15-7-14-29-30-28)12-13-22(35-16-33-5)24(19)26(32)36-18(17)2/h6,8,10-13,17-18,20,23,25,31H,7,9,14-16H2,1-5H3/b8-6+,11-10-/t17-,18+,20?,23+,25-/m1/s1. The van der Waals surface area contributed by atoms with Crippen LogP contribution in [-0.4, -0.2) is 68.3 Å². The van der Waals surface area contributed by atoms with Crippen molar-refractivity contribution in [3.63, 3.8) is 0 Å². The van der Waals surface area contributed by atoms with E-state index in [9.17, 15) is 9.90 Å². The molecule has 0 saturated carbocycles. The molecule has 1 unspecified atom stereocenters. The molecule has 11 nitrogen and oxygen atoms in total. The van der Waals surface area contributed by atoms with E-state index in [0.29, 0.717) is 24.2 Å². The number of ether oxygens (including phenoxy) is 6. The van der Waals surface area contributed by atoms with Gasteiger partial charge in [-0.2, -0.15) is 0 Å². The summed E-state index contributed by atoms with van der Waals surface area (Å²) >= 11 is 0. The van der Waals surface area contributed by atoms with Gasteiger partial charge in [-0.1, -0.05) is 36.3 Å². The van der Waals surface area contributed by atoms with E-state index in [-0.39, 0.29) is 37.2 Å². The Bertz CT molecular complexity index is 1070. The van der Waals surface area contributed by atoms with E-state index in [0.717, 1.165) is 0 Å². The number of esters is 1. The van der Waals surface area contributed by atoms with Crippen LogP contribution in [0.5, 0.6) is 11.5 Å². The summed E-state index contributed by atoms with van der Waals surface area (Å²) in [6.07, 6.45) is 5.55. The third kappa shape index (κ3) is 7.72. The van der Waals surface area contributed by atoms with Gasteiger partial charge in [0.25, 0.3) is 0 Å². The Morgan fingerprint density at radius 1 is 1.18 bits per heavy atom. The summed E-state index contributed by atoms with van der Waals surface area (Å²) in [5.74, 6) is -0.918. The number of hydrogen-bond acceptors (Lipinski definition) is 9. The molecule has 2 aliphatic rings. The topological polar surface area (TPSA) is 141 Å². The number of rotatable bonds is 8. The molecule has 38 heavy (non-hydrogen) atoms. The first-order valence-electron chi connectivity index (χ1n) is 12.7. The average molecular weight is 532 g/mol. The van der Waals surface area contributed by atoms with Crippen LogP contribution in [0.1, 0.15) is 56.5 Å². The van der Waals surface area contributed by atoms with Gasteiger partial charge in [-0.15, -0.1) is 0 Å². The fourth-order valence-electron chi connectivity index (χ4n) is 4.23. The number of benzene rings is 1. The van der Waals surface area contributed by atoms with Gasteiger partial charge in [0.15, 0.2) is 12.6 Å². The van der Waals surface area contributed by atoms with Gasteiger partial charge in [-0.25, -0.2) is 4.79 Å². The third-order valence-corrected chi connectivity index (χ3v) is 6.28. The molecule has 0 bridgehead atoms. The number of cyclic esters (lactones) is 1. The zero-order valence-electron chi connectivity index (χ0n) is 22.5. The minimum Gasteiger partial charge on any atom is -0.493 e. The van der Waals surface area contributed by atoms with Crippen molar-refractivity contribution in [3.05, 3.63) is 51.9 Å². The summed E-state index contributed by atoms with van der Waals surface area (Å²) in [6, 6.07) is 3.34. The van der Waals surface area contributed by atoms with Crippen LogP contribution in [0.3, 0.4) is 0 Å². The van der Waals surface area contributed by atoms with Gasteiger partial charge in [-0.3, -0.25) is 0 Å². The van der Waals surface area contributed by atoms with E-state index < -0.39 is 36.2 Å². The second kappa shape index (κ2) is 13.6. The predicted molar refractivity (Wildman–Crippen MR) is 140 cm³/mol. The quantitative estimate of drug-likeness (QED) is 0.0960. The van der Waals surface area contributed by atoms with Crippen molar-refractivity contribution >= 4 is 12.0 Å². The molecule has 1 aromatic carbocycles. The molecule has 1 N–H and O–H groups in total. The molecule has 0 aliphatic carbocycles. The fourth-order valence-corrected chi connectivity index (χ4v) is 4.23. The summed E-state index contributed by atoms with van der Waals surface area (Å²) in [7, 11) is 1.49. The maximum absolute atomic E-state index is 13.5. The summed E-state index contributed by atoms with van der Waals surface area (Å²) in [6.45, 7) is 7.79. The van der Waals surface area contributed by atoms with E-state index in [2.05, 4.69) is 10.0 Å². The van der Waals surface area contributed by atoms with Crippen LogP contribution in [0, 0.1) is 5.92 Å². The second-order valence-corrected chi connectivity index (χ2v) is 9.68. The van der Waals surface area contributed by atoms with E-state index in [1.807, 2.05) is 32.9 Å². The van der Waals surface area contributed by atoms with Gasteiger partial charge >= 0.3 is 5.97 Å².